The van der Waals surface area contributed by atoms with Gasteiger partial charge in [0, 0.05) is 42.8 Å². The van der Waals surface area contributed by atoms with Crippen LogP contribution in [0.4, 0.5) is 0 Å². The Bertz CT molecular complexity index is 761. The van der Waals surface area contributed by atoms with Gasteiger partial charge < -0.3 is 10.2 Å². The molecule has 0 spiro atoms. The van der Waals surface area contributed by atoms with Crippen molar-refractivity contribution in [3.05, 3.63) is 69.7 Å². The van der Waals surface area contributed by atoms with Crippen LogP contribution >= 0.6 is 23.2 Å². The van der Waals surface area contributed by atoms with E-state index in [1.54, 1.807) is 12.1 Å². The third-order valence-corrected chi connectivity index (χ3v) is 5.53. The lowest BCUT2D eigenvalue weighted by atomic mass is 10.0. The summed E-state index contributed by atoms with van der Waals surface area (Å²) in [5.41, 5.74) is 1.90. The lowest BCUT2D eigenvalue weighted by Gasteiger charge is -2.35. The maximum Gasteiger partial charge on any atom is 0.225 e. The van der Waals surface area contributed by atoms with Crippen LogP contribution in [0.5, 0.6) is 0 Å². The van der Waals surface area contributed by atoms with E-state index in [0.29, 0.717) is 10.0 Å². The van der Waals surface area contributed by atoms with Crippen molar-refractivity contribution in [2.24, 2.45) is 0 Å². The van der Waals surface area contributed by atoms with Gasteiger partial charge in [-0.2, -0.15) is 0 Å². The molecule has 1 fully saturated rings. The molecule has 0 bridgehead atoms. The summed E-state index contributed by atoms with van der Waals surface area (Å²) in [6.45, 7) is 4.93. The first-order valence-corrected chi connectivity index (χ1v) is 9.96. The minimum absolute atomic E-state index is 0.0396. The van der Waals surface area contributed by atoms with Gasteiger partial charge in [0.15, 0.2) is 0 Å². The molecule has 144 valence electrons. The fourth-order valence-electron chi connectivity index (χ4n) is 3.29. The summed E-state index contributed by atoms with van der Waals surface area (Å²) in [6.07, 6.45) is 0.238. The van der Waals surface area contributed by atoms with Gasteiger partial charge in [-0.15, -0.1) is 0 Å². The first-order chi connectivity index (χ1) is 13.0. The van der Waals surface area contributed by atoms with Crippen molar-refractivity contribution in [3.8, 4) is 0 Å². The van der Waals surface area contributed by atoms with Gasteiger partial charge in [0.05, 0.1) is 12.5 Å². The number of benzene rings is 2. The van der Waals surface area contributed by atoms with Crippen LogP contribution in [0.25, 0.3) is 0 Å². The fourth-order valence-corrected chi connectivity index (χ4v) is 3.77. The van der Waals surface area contributed by atoms with E-state index < -0.39 is 0 Å². The van der Waals surface area contributed by atoms with E-state index in [0.717, 1.165) is 43.9 Å². The molecule has 27 heavy (non-hydrogen) atoms. The minimum atomic E-state index is -0.0480. The van der Waals surface area contributed by atoms with Crippen molar-refractivity contribution in [1.29, 1.82) is 0 Å². The highest BCUT2D eigenvalue weighted by atomic mass is 35.5. The zero-order valence-corrected chi connectivity index (χ0v) is 17.0. The average Bonchev–Trinajstić information content (AvgIpc) is 2.66. The summed E-state index contributed by atoms with van der Waals surface area (Å²) in [5, 5.41) is 4.29. The molecule has 4 nitrogen and oxygen atoms in total. The van der Waals surface area contributed by atoms with Crippen molar-refractivity contribution in [3.63, 3.8) is 0 Å². The molecule has 0 saturated carbocycles. The average molecular weight is 406 g/mol. The summed E-state index contributed by atoms with van der Waals surface area (Å²) < 4.78 is 0. The third kappa shape index (κ3) is 5.94. The molecule has 2 aromatic carbocycles. The van der Waals surface area contributed by atoms with E-state index >= 15 is 0 Å². The molecule has 0 radical (unpaired) electrons. The monoisotopic (exact) mass is 405 g/mol. The molecule has 6 heteroatoms. The van der Waals surface area contributed by atoms with E-state index in [9.17, 15) is 4.79 Å². The number of halogens is 2. The van der Waals surface area contributed by atoms with E-state index in [-0.39, 0.29) is 18.4 Å². The van der Waals surface area contributed by atoms with Gasteiger partial charge >= 0.3 is 0 Å². The lowest BCUT2D eigenvalue weighted by molar-refractivity contribution is -0.121. The Kier molecular flexibility index (Phi) is 7.13. The topological polar surface area (TPSA) is 35.6 Å². The van der Waals surface area contributed by atoms with Crippen LogP contribution < -0.4 is 5.32 Å². The Morgan fingerprint density at radius 3 is 2.44 bits per heavy atom. The second kappa shape index (κ2) is 9.56. The standard InChI is InChI=1S/C21H25Cl2N3O/c1-25-9-11-26(12-10-25)15-20(16-5-3-2-4-6-16)24-21(27)13-17-7-8-18(22)14-19(17)23/h2-8,14,20H,9-13,15H2,1H3,(H,24,27). The number of amides is 1. The number of carbonyl (C=O) groups is 1. The van der Waals surface area contributed by atoms with E-state index in [4.69, 9.17) is 23.2 Å². The van der Waals surface area contributed by atoms with Crippen LogP contribution in [-0.2, 0) is 11.2 Å². The van der Waals surface area contributed by atoms with Crippen LogP contribution in [-0.4, -0.2) is 55.5 Å². The minimum Gasteiger partial charge on any atom is -0.348 e. The smallest absolute Gasteiger partial charge is 0.225 e. The molecule has 3 rings (SSSR count). The zero-order valence-electron chi connectivity index (χ0n) is 15.5. The molecular weight excluding hydrogens is 381 g/mol. The number of hydrogen-bond acceptors (Lipinski definition) is 3. The molecule has 1 amide bonds. The summed E-state index contributed by atoms with van der Waals surface area (Å²) >= 11 is 12.2. The molecule has 1 aliphatic heterocycles. The first kappa shape index (κ1) is 20.2. The molecule has 1 saturated heterocycles. The fraction of sp³-hybridized carbons (Fsp3) is 0.381. The zero-order chi connectivity index (χ0) is 19.2. The van der Waals surface area contributed by atoms with Gasteiger partial charge in [-0.25, -0.2) is 0 Å². The number of rotatable bonds is 6. The maximum absolute atomic E-state index is 12.7. The molecule has 1 unspecified atom stereocenters. The van der Waals surface area contributed by atoms with Crippen molar-refractivity contribution < 1.29 is 4.79 Å². The molecular formula is C21H25Cl2N3O. The highest BCUT2D eigenvalue weighted by molar-refractivity contribution is 6.35. The molecule has 2 aromatic rings. The Morgan fingerprint density at radius 1 is 1.07 bits per heavy atom. The Labute approximate surface area is 171 Å². The number of carbonyl (C=O) groups excluding carboxylic acids is 1. The van der Waals surface area contributed by atoms with Gasteiger partial charge in [0.2, 0.25) is 5.91 Å². The third-order valence-electron chi connectivity index (χ3n) is 4.94. The van der Waals surface area contributed by atoms with Crippen molar-refractivity contribution >= 4 is 29.1 Å². The normalized spacial score (nSPS) is 16.9. The summed E-state index contributed by atoms with van der Waals surface area (Å²) in [7, 11) is 2.14. The van der Waals surface area contributed by atoms with Crippen LogP contribution in [0.15, 0.2) is 48.5 Å². The van der Waals surface area contributed by atoms with Gasteiger partial charge in [-0.1, -0.05) is 59.6 Å². The first-order valence-electron chi connectivity index (χ1n) is 9.20. The Balaban J connectivity index is 1.68. The van der Waals surface area contributed by atoms with Crippen molar-refractivity contribution in [2.75, 3.05) is 39.8 Å². The van der Waals surface area contributed by atoms with E-state index in [1.807, 2.05) is 24.3 Å². The number of nitrogens with one attached hydrogen (secondary N) is 1. The van der Waals surface area contributed by atoms with Gasteiger partial charge in [-0.05, 0) is 30.3 Å². The van der Waals surface area contributed by atoms with Crippen molar-refractivity contribution in [2.45, 2.75) is 12.5 Å². The molecule has 0 aliphatic carbocycles. The largest absolute Gasteiger partial charge is 0.348 e. The molecule has 1 N–H and O–H groups in total. The van der Waals surface area contributed by atoms with Crippen LogP contribution in [0.2, 0.25) is 10.0 Å². The van der Waals surface area contributed by atoms with E-state index in [2.05, 4.69) is 34.3 Å². The number of piperazine rings is 1. The second-order valence-electron chi connectivity index (χ2n) is 7.05. The molecule has 1 atom stereocenters. The number of hydrogen-bond donors (Lipinski definition) is 1. The van der Waals surface area contributed by atoms with Crippen LogP contribution in [0.1, 0.15) is 17.2 Å². The Morgan fingerprint density at radius 2 is 1.78 bits per heavy atom. The van der Waals surface area contributed by atoms with Crippen LogP contribution in [0.3, 0.4) is 0 Å². The van der Waals surface area contributed by atoms with Crippen molar-refractivity contribution in [1.82, 2.24) is 15.1 Å². The lowest BCUT2D eigenvalue weighted by Crippen LogP contribution is -2.48. The van der Waals surface area contributed by atoms with Gasteiger partial charge in [0.25, 0.3) is 0 Å². The highest BCUT2D eigenvalue weighted by Crippen LogP contribution is 2.22. The highest BCUT2D eigenvalue weighted by Gasteiger charge is 2.21. The predicted octanol–water partition coefficient (Wildman–Crippen LogP) is 3.64. The number of nitrogens with zero attached hydrogens (tertiary/aromatic N) is 2. The van der Waals surface area contributed by atoms with Gasteiger partial charge in [-0.3, -0.25) is 9.69 Å². The number of likely N-dealkylation sites (N-methyl/N-ethyl adjacent to an activating group) is 1. The SMILES string of the molecule is CN1CCN(CC(NC(=O)Cc2ccc(Cl)cc2Cl)c2ccccc2)CC1. The quantitative estimate of drug-likeness (QED) is 0.796. The van der Waals surface area contributed by atoms with Crippen LogP contribution in [0, 0.1) is 0 Å². The maximum atomic E-state index is 12.7. The summed E-state index contributed by atoms with van der Waals surface area (Å²) in [4.78, 5) is 17.4. The second-order valence-corrected chi connectivity index (χ2v) is 7.89. The summed E-state index contributed by atoms with van der Waals surface area (Å²) in [5.74, 6) is -0.0396. The summed E-state index contributed by atoms with van der Waals surface area (Å²) in [6, 6.07) is 15.3. The molecule has 0 aromatic heterocycles. The molecule has 1 aliphatic rings. The van der Waals surface area contributed by atoms with E-state index in [1.165, 1.54) is 0 Å². The molecule has 1 heterocycles. The Hall–Kier alpha value is -1.59. The predicted molar refractivity (Wildman–Crippen MR) is 111 cm³/mol. The van der Waals surface area contributed by atoms with Gasteiger partial charge in [0.1, 0.15) is 0 Å².